The van der Waals surface area contributed by atoms with Gasteiger partial charge in [0, 0.05) is 11.9 Å². The van der Waals surface area contributed by atoms with Crippen LogP contribution in [-0.2, 0) is 11.3 Å². The molecule has 2 aromatic heterocycles. The number of thiophene rings is 1. The molecule has 1 aromatic carbocycles. The quantitative estimate of drug-likeness (QED) is 0.493. The molecular formula is C16H13ClF3N5O2S2. The number of aromatic nitrogens is 4. The maximum Gasteiger partial charge on any atom is 0.573 e. The van der Waals surface area contributed by atoms with Crippen LogP contribution in [0.4, 0.5) is 13.2 Å². The zero-order valence-electron chi connectivity index (χ0n) is 14.8. The minimum absolute atomic E-state index is 0.0885. The fourth-order valence-electron chi connectivity index (χ4n) is 2.22. The fraction of sp³-hybridized carbons (Fsp3) is 0.250. The third-order valence-corrected chi connectivity index (χ3v) is 5.65. The van der Waals surface area contributed by atoms with Crippen LogP contribution >= 0.6 is 34.7 Å². The number of halogens is 4. The van der Waals surface area contributed by atoms with Crippen LogP contribution in [0.25, 0.3) is 5.69 Å². The maximum absolute atomic E-state index is 12.4. The van der Waals surface area contributed by atoms with E-state index in [1.807, 2.05) is 6.07 Å². The Bertz CT molecular complexity index is 978. The lowest BCUT2D eigenvalue weighted by atomic mass is 10.3. The molecular weight excluding hydrogens is 451 g/mol. The van der Waals surface area contributed by atoms with Gasteiger partial charge in [0.25, 0.3) is 0 Å². The van der Waals surface area contributed by atoms with E-state index >= 15 is 0 Å². The molecule has 154 valence electrons. The van der Waals surface area contributed by atoms with Crippen LogP contribution in [0, 0.1) is 0 Å². The molecule has 2 heterocycles. The van der Waals surface area contributed by atoms with E-state index in [0.717, 1.165) is 28.8 Å². The largest absolute Gasteiger partial charge is 0.573 e. The normalized spacial score (nSPS) is 11.5. The predicted octanol–water partition coefficient (Wildman–Crippen LogP) is 4.03. The molecule has 1 amide bonds. The molecule has 3 aromatic rings. The zero-order valence-corrected chi connectivity index (χ0v) is 17.1. The number of hydrogen-bond acceptors (Lipinski definition) is 7. The van der Waals surface area contributed by atoms with Crippen LogP contribution in [-0.4, -0.2) is 50.2 Å². The van der Waals surface area contributed by atoms with Crippen LogP contribution in [0.1, 0.15) is 4.88 Å². The van der Waals surface area contributed by atoms with Gasteiger partial charge in [-0.05, 0) is 46.8 Å². The highest BCUT2D eigenvalue weighted by atomic mass is 35.5. The van der Waals surface area contributed by atoms with Gasteiger partial charge in [0.1, 0.15) is 5.75 Å². The van der Waals surface area contributed by atoms with E-state index in [9.17, 15) is 18.0 Å². The number of amides is 1. The van der Waals surface area contributed by atoms with Gasteiger partial charge in [-0.15, -0.1) is 29.6 Å². The number of alkyl halides is 3. The molecule has 0 spiro atoms. The second-order valence-electron chi connectivity index (χ2n) is 5.66. The smallest absolute Gasteiger partial charge is 0.406 e. The third kappa shape index (κ3) is 6.08. The van der Waals surface area contributed by atoms with Crippen LogP contribution in [0.5, 0.6) is 5.75 Å². The van der Waals surface area contributed by atoms with Gasteiger partial charge >= 0.3 is 6.36 Å². The second kappa shape index (κ2) is 9.01. The molecule has 0 unspecified atom stereocenters. The summed E-state index contributed by atoms with van der Waals surface area (Å²) in [6, 6.07) is 8.71. The number of carbonyl (C=O) groups excluding carboxylic acids is 1. The predicted molar refractivity (Wildman–Crippen MR) is 102 cm³/mol. The molecule has 3 rings (SSSR count). The first-order chi connectivity index (χ1) is 13.7. The lowest BCUT2D eigenvalue weighted by Crippen LogP contribution is -2.27. The number of hydrogen-bond donors (Lipinski definition) is 0. The summed E-state index contributed by atoms with van der Waals surface area (Å²) in [5.41, 5.74) is 0.432. The highest BCUT2D eigenvalue weighted by Gasteiger charge is 2.31. The van der Waals surface area contributed by atoms with Crippen molar-refractivity contribution in [1.29, 1.82) is 0 Å². The molecule has 13 heteroatoms. The lowest BCUT2D eigenvalue weighted by molar-refractivity contribution is -0.274. The summed E-state index contributed by atoms with van der Waals surface area (Å²) >= 11 is 8.41. The van der Waals surface area contributed by atoms with E-state index < -0.39 is 6.36 Å². The van der Waals surface area contributed by atoms with Crippen molar-refractivity contribution in [2.75, 3.05) is 12.8 Å². The van der Waals surface area contributed by atoms with Crippen LogP contribution < -0.4 is 4.74 Å². The number of nitrogens with zero attached hydrogens (tertiary/aromatic N) is 5. The van der Waals surface area contributed by atoms with Gasteiger partial charge in [0.2, 0.25) is 11.1 Å². The van der Waals surface area contributed by atoms with Crippen molar-refractivity contribution >= 4 is 40.6 Å². The summed E-state index contributed by atoms with van der Waals surface area (Å²) < 4.78 is 42.6. The molecule has 0 N–H and O–H groups in total. The van der Waals surface area contributed by atoms with Gasteiger partial charge in [0.05, 0.1) is 22.3 Å². The van der Waals surface area contributed by atoms with Crippen molar-refractivity contribution in [3.8, 4) is 11.4 Å². The highest BCUT2D eigenvalue weighted by Crippen LogP contribution is 2.26. The SMILES string of the molecule is CN(Cc1ccc(Cl)s1)C(=O)CSc1nnnn1-c1ccc(OC(F)(F)F)cc1. The van der Waals surface area contributed by atoms with E-state index in [-0.39, 0.29) is 17.4 Å². The van der Waals surface area contributed by atoms with Gasteiger partial charge in [-0.25, -0.2) is 0 Å². The van der Waals surface area contributed by atoms with Crippen molar-refractivity contribution in [1.82, 2.24) is 25.1 Å². The average molecular weight is 464 g/mol. The summed E-state index contributed by atoms with van der Waals surface area (Å²) in [5, 5.41) is 11.6. The molecule has 0 aliphatic heterocycles. The number of benzene rings is 1. The Morgan fingerprint density at radius 1 is 1.28 bits per heavy atom. The van der Waals surface area contributed by atoms with E-state index in [2.05, 4.69) is 20.3 Å². The zero-order chi connectivity index (χ0) is 21.0. The molecule has 29 heavy (non-hydrogen) atoms. The molecule has 0 radical (unpaired) electrons. The first kappa shape index (κ1) is 21.4. The minimum Gasteiger partial charge on any atom is -0.406 e. The Hall–Kier alpha value is -2.31. The molecule has 0 fully saturated rings. The Balaban J connectivity index is 1.60. The van der Waals surface area contributed by atoms with Crippen LogP contribution in [0.2, 0.25) is 4.34 Å². The van der Waals surface area contributed by atoms with E-state index in [4.69, 9.17) is 11.6 Å². The summed E-state index contributed by atoms with van der Waals surface area (Å²) in [6.45, 7) is 0.433. The first-order valence-corrected chi connectivity index (χ1v) is 10.1. The molecule has 0 bridgehead atoms. The number of carbonyl (C=O) groups is 1. The van der Waals surface area contributed by atoms with Crippen LogP contribution in [0.3, 0.4) is 0 Å². The lowest BCUT2D eigenvalue weighted by Gasteiger charge is -2.15. The van der Waals surface area contributed by atoms with E-state index in [1.54, 1.807) is 18.0 Å². The molecule has 0 aliphatic rings. The van der Waals surface area contributed by atoms with Crippen molar-refractivity contribution in [3.05, 3.63) is 45.6 Å². The molecule has 0 atom stereocenters. The van der Waals surface area contributed by atoms with Crippen molar-refractivity contribution in [2.45, 2.75) is 18.1 Å². The Kier molecular flexibility index (Phi) is 6.65. The number of ether oxygens (including phenoxy) is 1. The van der Waals surface area contributed by atoms with Gasteiger partial charge in [-0.1, -0.05) is 23.4 Å². The average Bonchev–Trinajstić information content (AvgIpc) is 3.27. The van der Waals surface area contributed by atoms with Crippen LogP contribution in [0.15, 0.2) is 41.6 Å². The van der Waals surface area contributed by atoms with Gasteiger partial charge in [-0.3, -0.25) is 4.79 Å². The van der Waals surface area contributed by atoms with Crippen molar-refractivity contribution in [2.24, 2.45) is 0 Å². The first-order valence-electron chi connectivity index (χ1n) is 7.97. The summed E-state index contributed by atoms with van der Waals surface area (Å²) in [5.74, 6) is -0.400. The monoisotopic (exact) mass is 463 g/mol. The molecule has 0 aliphatic carbocycles. The highest BCUT2D eigenvalue weighted by molar-refractivity contribution is 7.99. The Morgan fingerprint density at radius 3 is 2.62 bits per heavy atom. The topological polar surface area (TPSA) is 73.1 Å². The van der Waals surface area contributed by atoms with Gasteiger partial charge in [-0.2, -0.15) is 4.68 Å². The van der Waals surface area contributed by atoms with Gasteiger partial charge in [0.15, 0.2) is 0 Å². The van der Waals surface area contributed by atoms with E-state index in [1.165, 1.54) is 28.2 Å². The number of thioether (sulfide) groups is 1. The molecule has 0 saturated heterocycles. The summed E-state index contributed by atoms with van der Waals surface area (Å²) in [6.07, 6.45) is -4.77. The molecule has 0 saturated carbocycles. The van der Waals surface area contributed by atoms with E-state index in [0.29, 0.717) is 21.7 Å². The number of rotatable bonds is 7. The van der Waals surface area contributed by atoms with Crippen molar-refractivity contribution < 1.29 is 22.7 Å². The number of tetrazole rings is 1. The van der Waals surface area contributed by atoms with Gasteiger partial charge < -0.3 is 9.64 Å². The summed E-state index contributed by atoms with van der Waals surface area (Å²) in [4.78, 5) is 14.9. The maximum atomic E-state index is 12.4. The fourth-order valence-corrected chi connectivity index (χ4v) is 4.19. The Morgan fingerprint density at radius 2 is 2.00 bits per heavy atom. The minimum atomic E-state index is -4.77. The standard InChI is InChI=1S/C16H13ClF3N5O2S2/c1-24(8-12-6-7-13(17)29-12)14(26)9-28-15-21-22-23-25(15)10-2-4-11(5-3-10)27-16(18,19)20/h2-7H,8-9H2,1H3. The van der Waals surface area contributed by atoms with Crippen molar-refractivity contribution in [3.63, 3.8) is 0 Å². The summed E-state index contributed by atoms with van der Waals surface area (Å²) in [7, 11) is 1.68. The molecule has 7 nitrogen and oxygen atoms in total. The second-order valence-corrected chi connectivity index (χ2v) is 8.40. The third-order valence-electron chi connectivity index (χ3n) is 3.53. The Labute approximate surface area is 176 Å².